The van der Waals surface area contributed by atoms with Gasteiger partial charge in [0.1, 0.15) is 0 Å². The maximum absolute atomic E-state index is 4.30. The Kier molecular flexibility index (Phi) is 2.40. The van der Waals surface area contributed by atoms with Crippen LogP contribution in [0, 0.1) is 0 Å². The van der Waals surface area contributed by atoms with Gasteiger partial charge >= 0.3 is 0 Å². The van der Waals surface area contributed by atoms with Gasteiger partial charge in [-0.25, -0.2) is 0 Å². The van der Waals surface area contributed by atoms with Crippen LogP contribution in [0.3, 0.4) is 0 Å². The Hall–Kier alpha value is 0.660. The molecule has 0 amide bonds. The second kappa shape index (κ2) is 3.19. The molecule has 0 aliphatic carbocycles. The van der Waals surface area contributed by atoms with Crippen LogP contribution in [0.15, 0.2) is 0 Å². The number of piperidine rings is 1. The lowest BCUT2D eigenvalue weighted by atomic mass is 10.0. The number of rotatable bonds is 1. The second-order valence-electron chi connectivity index (χ2n) is 3.75. The molecular weight excluding hydrogens is 174 g/mol. The zero-order valence-corrected chi connectivity index (χ0v) is 8.57. The van der Waals surface area contributed by atoms with E-state index >= 15 is 0 Å². The molecule has 1 nitrogen and oxygen atoms in total. The van der Waals surface area contributed by atoms with Gasteiger partial charge in [-0.15, -0.1) is 11.7 Å². The van der Waals surface area contributed by atoms with Crippen molar-refractivity contribution < 1.29 is 0 Å². The summed E-state index contributed by atoms with van der Waals surface area (Å²) in [4.78, 5) is 2.57. The molecule has 0 spiro atoms. The topological polar surface area (TPSA) is 3.24 Å². The molecule has 0 aromatic rings. The van der Waals surface area contributed by atoms with E-state index in [-0.39, 0.29) is 0 Å². The Morgan fingerprint density at radius 3 is 2.27 bits per heavy atom. The molecule has 3 heteroatoms. The van der Waals surface area contributed by atoms with E-state index in [4.69, 9.17) is 0 Å². The monoisotopic (exact) mass is 189 g/mol. The first kappa shape index (κ1) is 8.27. The van der Waals surface area contributed by atoms with E-state index in [1.54, 1.807) is 10.8 Å². The Morgan fingerprint density at radius 1 is 1.27 bits per heavy atom. The van der Waals surface area contributed by atoms with Crippen molar-refractivity contribution in [3.63, 3.8) is 0 Å². The van der Waals surface area contributed by atoms with Crippen LogP contribution in [0.25, 0.3) is 0 Å². The fourth-order valence-electron chi connectivity index (χ4n) is 2.45. The second-order valence-corrected chi connectivity index (χ2v) is 5.26. The minimum absolute atomic E-state index is 0.826. The van der Waals surface area contributed by atoms with Gasteiger partial charge in [0.2, 0.25) is 0 Å². The quantitative estimate of drug-likeness (QED) is 0.497. The third-order valence-electron chi connectivity index (χ3n) is 3.20. The molecule has 2 fully saturated rings. The van der Waals surface area contributed by atoms with Crippen LogP contribution >= 0.6 is 22.5 Å². The molecule has 2 aliphatic heterocycles. The van der Waals surface area contributed by atoms with Crippen molar-refractivity contribution in [3.8, 4) is 0 Å². The van der Waals surface area contributed by atoms with Crippen molar-refractivity contribution in [2.24, 2.45) is 0 Å². The molecule has 0 aromatic heterocycles. The summed E-state index contributed by atoms with van der Waals surface area (Å²) >= 11 is 4.30. The van der Waals surface area contributed by atoms with Crippen LogP contribution in [0.4, 0.5) is 0 Å². The summed E-state index contributed by atoms with van der Waals surface area (Å²) in [6, 6.07) is 1.75. The van der Waals surface area contributed by atoms with Gasteiger partial charge in [0, 0.05) is 17.3 Å². The summed E-state index contributed by atoms with van der Waals surface area (Å²) < 4.78 is 0. The highest BCUT2D eigenvalue weighted by Crippen LogP contribution is 2.39. The maximum atomic E-state index is 4.30. The number of hydrogen-bond acceptors (Lipinski definition) is 3. The molecule has 0 N–H and O–H groups in total. The highest BCUT2D eigenvalue weighted by molar-refractivity contribution is 8.68. The van der Waals surface area contributed by atoms with Crippen LogP contribution in [0.5, 0.6) is 0 Å². The third kappa shape index (κ3) is 1.43. The maximum Gasteiger partial charge on any atom is 0.0178 e. The normalized spacial score (nSPS) is 44.7. The first-order valence-corrected chi connectivity index (χ1v) is 6.26. The molecule has 0 aromatic carbocycles. The molecule has 2 saturated heterocycles. The van der Waals surface area contributed by atoms with Gasteiger partial charge in [0.05, 0.1) is 0 Å². The highest BCUT2D eigenvalue weighted by Gasteiger charge is 2.37. The number of hydrogen-bond donors (Lipinski definition) is 1. The van der Waals surface area contributed by atoms with Crippen LogP contribution in [0.2, 0.25) is 0 Å². The van der Waals surface area contributed by atoms with Crippen LogP contribution in [0.1, 0.15) is 25.7 Å². The molecule has 0 radical (unpaired) electrons. The van der Waals surface area contributed by atoms with Crippen molar-refractivity contribution in [3.05, 3.63) is 0 Å². The molecule has 2 aliphatic rings. The lowest BCUT2D eigenvalue weighted by Gasteiger charge is -2.35. The van der Waals surface area contributed by atoms with Gasteiger partial charge in [-0.05, 0) is 32.7 Å². The number of fused-ring (bicyclic) bond motifs is 2. The fraction of sp³-hybridized carbons (Fsp3) is 1.00. The number of thiol groups is 1. The van der Waals surface area contributed by atoms with Gasteiger partial charge < -0.3 is 4.90 Å². The highest BCUT2D eigenvalue weighted by atomic mass is 33.1. The summed E-state index contributed by atoms with van der Waals surface area (Å²) in [7, 11) is 4.04. The molecule has 2 bridgehead atoms. The van der Waals surface area contributed by atoms with Crippen molar-refractivity contribution in [1.29, 1.82) is 0 Å². The average Bonchev–Trinajstić information content (AvgIpc) is 2.26. The predicted molar refractivity (Wildman–Crippen MR) is 54.2 cm³/mol. The van der Waals surface area contributed by atoms with Crippen LogP contribution in [-0.4, -0.2) is 29.3 Å². The van der Waals surface area contributed by atoms with Gasteiger partial charge in [-0.3, -0.25) is 0 Å². The molecule has 1 unspecified atom stereocenters. The zero-order valence-electron chi connectivity index (χ0n) is 6.86. The van der Waals surface area contributed by atoms with E-state index in [1.807, 2.05) is 0 Å². The summed E-state index contributed by atoms with van der Waals surface area (Å²) in [5.74, 6) is 0. The largest absolute Gasteiger partial charge is 0.300 e. The van der Waals surface area contributed by atoms with Crippen LogP contribution in [-0.2, 0) is 0 Å². The molecule has 2 heterocycles. The van der Waals surface area contributed by atoms with Gasteiger partial charge in [-0.2, -0.15) is 0 Å². The number of nitrogens with zero attached hydrogens (tertiary/aromatic N) is 1. The van der Waals surface area contributed by atoms with Gasteiger partial charge in [0.15, 0.2) is 0 Å². The first-order chi connectivity index (χ1) is 5.31. The van der Waals surface area contributed by atoms with E-state index in [0.717, 1.165) is 17.3 Å². The van der Waals surface area contributed by atoms with Gasteiger partial charge in [-0.1, -0.05) is 10.8 Å². The standard InChI is InChI=1S/C8H15NS2/c1-9-6-2-3-7(9)5-8(4-6)11-10/h6-8,10H,2-5H2,1H3/t6-,7+,8?. The van der Waals surface area contributed by atoms with E-state index in [1.165, 1.54) is 25.7 Å². The minimum atomic E-state index is 0.826. The summed E-state index contributed by atoms with van der Waals surface area (Å²) in [6.07, 6.45) is 5.57. The summed E-state index contributed by atoms with van der Waals surface area (Å²) in [6.45, 7) is 0. The summed E-state index contributed by atoms with van der Waals surface area (Å²) in [5.41, 5.74) is 0. The molecule has 0 saturated carbocycles. The van der Waals surface area contributed by atoms with Crippen molar-refractivity contribution >= 4 is 22.5 Å². The molecule has 3 atom stereocenters. The molecule has 64 valence electrons. The lowest BCUT2D eigenvalue weighted by molar-refractivity contribution is 0.183. The third-order valence-corrected chi connectivity index (χ3v) is 4.78. The van der Waals surface area contributed by atoms with Crippen molar-refractivity contribution in [2.75, 3.05) is 7.05 Å². The Labute approximate surface area is 77.7 Å². The zero-order chi connectivity index (χ0) is 7.84. The van der Waals surface area contributed by atoms with E-state index in [0.29, 0.717) is 0 Å². The Balaban J connectivity index is 2.02. The Bertz CT molecular complexity index is 137. The van der Waals surface area contributed by atoms with Gasteiger partial charge in [0.25, 0.3) is 0 Å². The lowest BCUT2D eigenvalue weighted by Crippen LogP contribution is -2.40. The van der Waals surface area contributed by atoms with E-state index in [9.17, 15) is 0 Å². The predicted octanol–water partition coefficient (Wildman–Crippen LogP) is 2.19. The minimum Gasteiger partial charge on any atom is -0.300 e. The van der Waals surface area contributed by atoms with E-state index < -0.39 is 0 Å². The SMILES string of the molecule is CN1[C@@H]2CC[C@H]1CC(SS)C2. The van der Waals surface area contributed by atoms with Crippen molar-refractivity contribution in [2.45, 2.75) is 43.0 Å². The van der Waals surface area contributed by atoms with Crippen LogP contribution < -0.4 is 0 Å². The summed E-state index contributed by atoms with van der Waals surface area (Å²) in [5, 5.41) is 0.826. The Morgan fingerprint density at radius 2 is 1.82 bits per heavy atom. The average molecular weight is 189 g/mol. The molecular formula is C8H15NS2. The molecule has 11 heavy (non-hydrogen) atoms. The first-order valence-electron chi connectivity index (χ1n) is 4.33. The smallest absolute Gasteiger partial charge is 0.0178 e. The van der Waals surface area contributed by atoms with E-state index in [2.05, 4.69) is 23.6 Å². The molecule has 2 rings (SSSR count). The van der Waals surface area contributed by atoms with Crippen molar-refractivity contribution in [1.82, 2.24) is 4.90 Å². The fourth-order valence-corrected chi connectivity index (χ4v) is 3.58.